The summed E-state index contributed by atoms with van der Waals surface area (Å²) < 4.78 is 5.33. The lowest BCUT2D eigenvalue weighted by Gasteiger charge is -2.35. The summed E-state index contributed by atoms with van der Waals surface area (Å²) >= 11 is 0. The molecule has 0 amide bonds. The first-order chi connectivity index (χ1) is 10.7. The van der Waals surface area contributed by atoms with Crippen molar-refractivity contribution in [1.29, 1.82) is 0 Å². The highest BCUT2D eigenvalue weighted by atomic mass is 16.5. The molecule has 0 radical (unpaired) electrons. The highest BCUT2D eigenvalue weighted by Gasteiger charge is 2.20. The first-order valence-corrected chi connectivity index (χ1v) is 8.90. The molecule has 22 heavy (non-hydrogen) atoms. The van der Waals surface area contributed by atoms with E-state index in [1.54, 1.807) is 0 Å². The number of piperidine rings is 1. The maximum absolute atomic E-state index is 5.33. The standard InChI is InChI=1S/C17H36N4O/c1-5-22-11-7-9-20-17(18-4)19-8-6-10-21-13-15(2)12-16(3)14-21/h15-16H,5-14H2,1-4H3,(H2,18,19,20). The molecule has 5 nitrogen and oxygen atoms in total. The molecule has 2 unspecified atom stereocenters. The molecule has 5 heteroatoms. The lowest BCUT2D eigenvalue weighted by molar-refractivity contribution is 0.140. The summed E-state index contributed by atoms with van der Waals surface area (Å²) in [5.74, 6) is 2.59. The molecule has 0 spiro atoms. The van der Waals surface area contributed by atoms with Gasteiger partial charge in [-0.05, 0) is 44.6 Å². The fourth-order valence-corrected chi connectivity index (χ4v) is 3.23. The highest BCUT2D eigenvalue weighted by molar-refractivity contribution is 5.79. The van der Waals surface area contributed by atoms with Crippen molar-refractivity contribution >= 4 is 5.96 Å². The van der Waals surface area contributed by atoms with Gasteiger partial charge in [-0.3, -0.25) is 4.99 Å². The van der Waals surface area contributed by atoms with Crippen LogP contribution in [0.15, 0.2) is 4.99 Å². The van der Waals surface area contributed by atoms with Gasteiger partial charge in [-0.15, -0.1) is 0 Å². The van der Waals surface area contributed by atoms with Gasteiger partial charge in [0.25, 0.3) is 0 Å². The Labute approximate surface area is 136 Å². The molecule has 0 aromatic rings. The van der Waals surface area contributed by atoms with Crippen LogP contribution in [0.4, 0.5) is 0 Å². The average molecular weight is 313 g/mol. The molecular formula is C17H36N4O. The topological polar surface area (TPSA) is 48.9 Å². The van der Waals surface area contributed by atoms with Crippen LogP contribution < -0.4 is 10.6 Å². The highest BCUT2D eigenvalue weighted by Crippen LogP contribution is 2.20. The molecule has 1 aliphatic rings. The van der Waals surface area contributed by atoms with Crippen LogP contribution in [0.1, 0.15) is 40.0 Å². The number of guanidine groups is 1. The summed E-state index contributed by atoms with van der Waals surface area (Å²) in [6.07, 6.45) is 3.56. The molecule has 1 rings (SSSR count). The van der Waals surface area contributed by atoms with E-state index in [-0.39, 0.29) is 0 Å². The third-order valence-electron chi connectivity index (χ3n) is 4.07. The predicted molar refractivity (Wildman–Crippen MR) is 94.5 cm³/mol. The Morgan fingerprint density at radius 2 is 1.77 bits per heavy atom. The zero-order valence-electron chi connectivity index (χ0n) is 15.0. The zero-order valence-corrected chi connectivity index (χ0v) is 15.0. The van der Waals surface area contributed by atoms with E-state index in [2.05, 4.69) is 34.4 Å². The Morgan fingerprint density at radius 1 is 1.14 bits per heavy atom. The van der Waals surface area contributed by atoms with E-state index in [1.807, 2.05) is 14.0 Å². The predicted octanol–water partition coefficient (Wildman–Crippen LogP) is 1.95. The lowest BCUT2D eigenvalue weighted by Crippen LogP contribution is -2.42. The molecule has 0 aliphatic carbocycles. The lowest BCUT2D eigenvalue weighted by atomic mass is 9.92. The SMILES string of the molecule is CCOCCCNC(=NC)NCCCN1CC(C)CC(C)C1. The van der Waals surface area contributed by atoms with Gasteiger partial charge >= 0.3 is 0 Å². The van der Waals surface area contributed by atoms with E-state index in [4.69, 9.17) is 4.74 Å². The van der Waals surface area contributed by atoms with Crippen molar-refractivity contribution in [2.24, 2.45) is 16.8 Å². The quantitative estimate of drug-likeness (QED) is 0.388. The van der Waals surface area contributed by atoms with Gasteiger partial charge in [-0.2, -0.15) is 0 Å². The van der Waals surface area contributed by atoms with Gasteiger partial charge in [-0.1, -0.05) is 13.8 Å². The Balaban J connectivity index is 2.06. The van der Waals surface area contributed by atoms with Crippen LogP contribution in [0, 0.1) is 11.8 Å². The fraction of sp³-hybridized carbons (Fsp3) is 0.941. The average Bonchev–Trinajstić information content (AvgIpc) is 2.48. The van der Waals surface area contributed by atoms with Gasteiger partial charge in [0.15, 0.2) is 5.96 Å². The second-order valence-corrected chi connectivity index (χ2v) is 6.54. The number of hydrogen-bond donors (Lipinski definition) is 2. The summed E-state index contributed by atoms with van der Waals surface area (Å²) in [7, 11) is 1.83. The maximum Gasteiger partial charge on any atom is 0.190 e. The molecule has 1 heterocycles. The van der Waals surface area contributed by atoms with Crippen molar-refractivity contribution in [2.75, 3.05) is 53.0 Å². The molecule has 1 fully saturated rings. The molecule has 1 aliphatic heterocycles. The fourth-order valence-electron chi connectivity index (χ4n) is 3.23. The molecule has 0 aromatic carbocycles. The van der Waals surface area contributed by atoms with Crippen molar-refractivity contribution in [3.05, 3.63) is 0 Å². The first-order valence-electron chi connectivity index (χ1n) is 8.90. The van der Waals surface area contributed by atoms with Gasteiger partial charge < -0.3 is 20.3 Å². The van der Waals surface area contributed by atoms with Crippen LogP contribution in [-0.2, 0) is 4.74 Å². The molecular weight excluding hydrogens is 276 g/mol. The van der Waals surface area contributed by atoms with Crippen molar-refractivity contribution in [1.82, 2.24) is 15.5 Å². The molecule has 2 atom stereocenters. The van der Waals surface area contributed by atoms with Crippen molar-refractivity contribution in [3.8, 4) is 0 Å². The van der Waals surface area contributed by atoms with Crippen LogP contribution in [-0.4, -0.2) is 63.8 Å². The number of nitrogens with zero attached hydrogens (tertiary/aromatic N) is 2. The van der Waals surface area contributed by atoms with E-state index >= 15 is 0 Å². The van der Waals surface area contributed by atoms with E-state index in [1.165, 1.54) is 32.5 Å². The summed E-state index contributed by atoms with van der Waals surface area (Å²) in [6, 6.07) is 0. The number of ether oxygens (including phenoxy) is 1. The molecule has 0 bridgehead atoms. The molecule has 130 valence electrons. The normalized spacial score (nSPS) is 23.5. The summed E-state index contributed by atoms with van der Waals surface area (Å²) in [6.45, 7) is 14.0. The summed E-state index contributed by atoms with van der Waals surface area (Å²) in [5, 5.41) is 6.72. The first kappa shape index (κ1) is 19.2. The van der Waals surface area contributed by atoms with Gasteiger partial charge in [0.1, 0.15) is 0 Å². The molecule has 1 saturated heterocycles. The molecule has 2 N–H and O–H groups in total. The number of nitrogens with one attached hydrogen (secondary N) is 2. The van der Waals surface area contributed by atoms with Gasteiger partial charge in [0.05, 0.1) is 0 Å². The van der Waals surface area contributed by atoms with Crippen LogP contribution in [0.2, 0.25) is 0 Å². The molecule has 0 saturated carbocycles. The Morgan fingerprint density at radius 3 is 2.36 bits per heavy atom. The Bertz CT molecular complexity index is 299. The van der Waals surface area contributed by atoms with E-state index in [9.17, 15) is 0 Å². The second kappa shape index (κ2) is 11.7. The number of likely N-dealkylation sites (tertiary alicyclic amines) is 1. The summed E-state index contributed by atoms with van der Waals surface area (Å²) in [5.41, 5.74) is 0. The van der Waals surface area contributed by atoms with Crippen LogP contribution in [0.5, 0.6) is 0 Å². The van der Waals surface area contributed by atoms with E-state index in [0.29, 0.717) is 0 Å². The van der Waals surface area contributed by atoms with Gasteiger partial charge in [0.2, 0.25) is 0 Å². The van der Waals surface area contributed by atoms with Gasteiger partial charge in [-0.25, -0.2) is 0 Å². The monoisotopic (exact) mass is 312 g/mol. The maximum atomic E-state index is 5.33. The van der Waals surface area contributed by atoms with Crippen molar-refractivity contribution < 1.29 is 4.74 Å². The number of rotatable bonds is 9. The van der Waals surface area contributed by atoms with Crippen LogP contribution in [0.25, 0.3) is 0 Å². The number of hydrogen-bond acceptors (Lipinski definition) is 3. The largest absolute Gasteiger partial charge is 0.382 e. The van der Waals surface area contributed by atoms with Crippen LogP contribution >= 0.6 is 0 Å². The molecule has 0 aromatic heterocycles. The minimum atomic E-state index is 0.792. The summed E-state index contributed by atoms with van der Waals surface area (Å²) in [4.78, 5) is 6.86. The third-order valence-corrected chi connectivity index (χ3v) is 4.07. The van der Waals surface area contributed by atoms with E-state index < -0.39 is 0 Å². The van der Waals surface area contributed by atoms with Gasteiger partial charge in [0, 0.05) is 46.4 Å². The Kier molecular flexibility index (Phi) is 10.2. The number of aliphatic imine (C=N–C) groups is 1. The smallest absolute Gasteiger partial charge is 0.190 e. The second-order valence-electron chi connectivity index (χ2n) is 6.54. The van der Waals surface area contributed by atoms with Crippen molar-refractivity contribution in [2.45, 2.75) is 40.0 Å². The third kappa shape index (κ3) is 8.59. The minimum absolute atomic E-state index is 0.792. The zero-order chi connectivity index (χ0) is 16.2. The van der Waals surface area contributed by atoms with Crippen molar-refractivity contribution in [3.63, 3.8) is 0 Å². The Hall–Kier alpha value is -0.810. The van der Waals surface area contributed by atoms with Crippen LogP contribution in [0.3, 0.4) is 0 Å². The van der Waals surface area contributed by atoms with E-state index in [0.717, 1.165) is 50.5 Å². The minimum Gasteiger partial charge on any atom is -0.382 e.